The van der Waals surface area contributed by atoms with Gasteiger partial charge in [0.25, 0.3) is 0 Å². The monoisotopic (exact) mass is 354 g/mol. The number of nitrogens with zero attached hydrogens (tertiary/aromatic N) is 1. The van der Waals surface area contributed by atoms with Crippen molar-refractivity contribution in [1.82, 2.24) is 10.2 Å². The fraction of sp³-hybridized carbons (Fsp3) is 0.600. The Bertz CT molecular complexity index is 449. The third-order valence-corrected chi connectivity index (χ3v) is 4.65. The number of hydrogen-bond donors (Lipinski definition) is 1. The summed E-state index contributed by atoms with van der Waals surface area (Å²) in [4.78, 5) is 2.43. The molecule has 1 aliphatic carbocycles. The molecule has 2 fully saturated rings. The molecule has 0 amide bonds. The molecule has 0 unspecified atom stereocenters. The van der Waals surface area contributed by atoms with E-state index in [4.69, 9.17) is 11.6 Å². The highest BCUT2D eigenvalue weighted by Gasteiger charge is 2.35. The summed E-state index contributed by atoms with van der Waals surface area (Å²) in [6.45, 7) is 3.97. The van der Waals surface area contributed by atoms with E-state index in [1.165, 1.54) is 25.3 Å². The lowest BCUT2D eigenvalue weighted by Crippen LogP contribution is -2.48. The van der Waals surface area contributed by atoms with Gasteiger partial charge >= 0.3 is 0 Å². The largest absolute Gasteiger partial charge is 0.314 e. The van der Waals surface area contributed by atoms with Gasteiger partial charge in [-0.3, -0.25) is 4.90 Å². The number of nitrogens with one attached hydrogen (secondary N) is 1. The SMILES string of the molecule is Cl.Cl.Fc1ccc(Cl)cc1[C@@H](C1CCC1)N1CCNCC1. The molecule has 1 aromatic carbocycles. The highest BCUT2D eigenvalue weighted by atomic mass is 35.5. The highest BCUT2D eigenvalue weighted by molar-refractivity contribution is 6.30. The Labute approximate surface area is 143 Å². The van der Waals surface area contributed by atoms with Gasteiger partial charge in [-0.05, 0) is 37.0 Å². The highest BCUT2D eigenvalue weighted by Crippen LogP contribution is 2.42. The van der Waals surface area contributed by atoms with Gasteiger partial charge in [0.15, 0.2) is 0 Å². The fourth-order valence-corrected chi connectivity index (χ4v) is 3.39. The topological polar surface area (TPSA) is 15.3 Å². The van der Waals surface area contributed by atoms with Crippen LogP contribution in [0.15, 0.2) is 18.2 Å². The van der Waals surface area contributed by atoms with Gasteiger partial charge in [-0.2, -0.15) is 0 Å². The molecular formula is C15H22Cl3FN2. The van der Waals surface area contributed by atoms with Crippen LogP contribution in [0.25, 0.3) is 0 Å². The predicted octanol–water partition coefficient (Wildman–Crippen LogP) is 4.07. The lowest BCUT2D eigenvalue weighted by Gasteiger charge is -2.43. The minimum atomic E-state index is -0.111. The molecule has 2 nitrogen and oxygen atoms in total. The summed E-state index contributed by atoms with van der Waals surface area (Å²) in [7, 11) is 0. The molecule has 1 heterocycles. The molecule has 0 radical (unpaired) electrons. The van der Waals surface area contributed by atoms with E-state index in [1.54, 1.807) is 6.07 Å². The first-order valence-electron chi connectivity index (χ1n) is 7.15. The number of hydrogen-bond acceptors (Lipinski definition) is 2. The molecule has 1 saturated carbocycles. The first-order valence-corrected chi connectivity index (χ1v) is 7.53. The van der Waals surface area contributed by atoms with Crippen molar-refractivity contribution in [3.8, 4) is 0 Å². The molecule has 0 spiro atoms. The van der Waals surface area contributed by atoms with Crippen molar-refractivity contribution in [2.24, 2.45) is 5.92 Å². The maximum atomic E-state index is 14.2. The van der Waals surface area contributed by atoms with Crippen LogP contribution in [0.4, 0.5) is 4.39 Å². The Morgan fingerprint density at radius 2 is 1.86 bits per heavy atom. The lowest BCUT2D eigenvalue weighted by atomic mass is 9.76. The minimum Gasteiger partial charge on any atom is -0.314 e. The van der Waals surface area contributed by atoms with Crippen molar-refractivity contribution < 1.29 is 4.39 Å². The first kappa shape index (κ1) is 19.0. The smallest absolute Gasteiger partial charge is 0.128 e. The quantitative estimate of drug-likeness (QED) is 0.879. The standard InChI is InChI=1S/C15H20ClFN2.2ClH/c16-12-4-5-14(17)13(10-12)15(11-2-1-3-11)19-8-6-18-7-9-19;;/h4-5,10-11,15,18H,1-3,6-9H2;2*1H/t15-;;/m1../s1. The normalized spacial score (nSPS) is 20.9. The van der Waals surface area contributed by atoms with E-state index in [2.05, 4.69) is 10.2 Å². The second-order valence-electron chi connectivity index (χ2n) is 5.59. The number of benzene rings is 1. The number of halogens is 4. The first-order chi connectivity index (χ1) is 9.25. The minimum absolute atomic E-state index is 0. The van der Waals surface area contributed by atoms with Crippen molar-refractivity contribution in [3.63, 3.8) is 0 Å². The van der Waals surface area contributed by atoms with Crippen molar-refractivity contribution in [3.05, 3.63) is 34.6 Å². The Balaban J connectivity index is 0.00000110. The average molecular weight is 356 g/mol. The molecular weight excluding hydrogens is 334 g/mol. The molecule has 1 aromatic rings. The van der Waals surface area contributed by atoms with E-state index in [0.29, 0.717) is 10.9 Å². The van der Waals surface area contributed by atoms with Crippen molar-refractivity contribution in [2.75, 3.05) is 26.2 Å². The van der Waals surface area contributed by atoms with Crippen LogP contribution in [0, 0.1) is 11.7 Å². The molecule has 120 valence electrons. The van der Waals surface area contributed by atoms with E-state index in [1.807, 2.05) is 6.07 Å². The van der Waals surface area contributed by atoms with Crippen molar-refractivity contribution >= 4 is 36.4 Å². The molecule has 1 N–H and O–H groups in total. The van der Waals surface area contributed by atoms with Crippen LogP contribution in [0.1, 0.15) is 30.9 Å². The van der Waals surface area contributed by atoms with Gasteiger partial charge in [0, 0.05) is 42.8 Å². The fourth-order valence-electron chi connectivity index (χ4n) is 3.21. The van der Waals surface area contributed by atoms with Gasteiger partial charge in [0.2, 0.25) is 0 Å². The Morgan fingerprint density at radius 1 is 1.19 bits per heavy atom. The summed E-state index contributed by atoms with van der Waals surface area (Å²) >= 11 is 6.07. The van der Waals surface area contributed by atoms with E-state index in [9.17, 15) is 4.39 Å². The van der Waals surface area contributed by atoms with Crippen LogP contribution in [0.3, 0.4) is 0 Å². The average Bonchev–Trinajstić information content (AvgIpc) is 2.38. The van der Waals surface area contributed by atoms with Crippen LogP contribution in [-0.2, 0) is 0 Å². The Morgan fingerprint density at radius 3 is 2.43 bits per heavy atom. The molecule has 0 bridgehead atoms. The van der Waals surface area contributed by atoms with E-state index < -0.39 is 0 Å². The molecule has 2 aliphatic rings. The van der Waals surface area contributed by atoms with E-state index in [0.717, 1.165) is 31.7 Å². The summed E-state index contributed by atoms with van der Waals surface area (Å²) in [5.41, 5.74) is 0.791. The molecule has 0 aromatic heterocycles. The second kappa shape index (κ2) is 8.54. The summed E-state index contributed by atoms with van der Waals surface area (Å²) in [6, 6.07) is 5.17. The second-order valence-corrected chi connectivity index (χ2v) is 6.02. The van der Waals surface area contributed by atoms with Crippen LogP contribution in [0.5, 0.6) is 0 Å². The zero-order chi connectivity index (χ0) is 13.2. The molecule has 1 saturated heterocycles. The van der Waals surface area contributed by atoms with Crippen molar-refractivity contribution in [2.45, 2.75) is 25.3 Å². The molecule has 1 aliphatic heterocycles. The zero-order valence-electron chi connectivity index (χ0n) is 11.9. The van der Waals surface area contributed by atoms with Crippen LogP contribution < -0.4 is 5.32 Å². The van der Waals surface area contributed by atoms with Gasteiger partial charge in [0.05, 0.1) is 0 Å². The van der Waals surface area contributed by atoms with Crippen LogP contribution in [-0.4, -0.2) is 31.1 Å². The number of rotatable bonds is 3. The van der Waals surface area contributed by atoms with E-state index in [-0.39, 0.29) is 36.7 Å². The molecule has 6 heteroatoms. The Kier molecular flexibility index (Phi) is 7.72. The molecule has 1 atom stereocenters. The van der Waals surface area contributed by atoms with Crippen LogP contribution in [0.2, 0.25) is 5.02 Å². The van der Waals surface area contributed by atoms with Gasteiger partial charge in [0.1, 0.15) is 5.82 Å². The number of piperazine rings is 1. The lowest BCUT2D eigenvalue weighted by molar-refractivity contribution is 0.0812. The Hall–Kier alpha value is -0.0600. The summed E-state index contributed by atoms with van der Waals surface area (Å²) in [5, 5.41) is 4.00. The van der Waals surface area contributed by atoms with Crippen molar-refractivity contribution in [1.29, 1.82) is 0 Å². The van der Waals surface area contributed by atoms with Gasteiger partial charge in [-0.1, -0.05) is 18.0 Å². The third-order valence-electron chi connectivity index (χ3n) is 4.42. The maximum Gasteiger partial charge on any atom is 0.128 e. The predicted molar refractivity (Wildman–Crippen MR) is 90.4 cm³/mol. The van der Waals surface area contributed by atoms with E-state index >= 15 is 0 Å². The van der Waals surface area contributed by atoms with Gasteiger partial charge in [-0.15, -0.1) is 24.8 Å². The van der Waals surface area contributed by atoms with Crippen LogP contribution >= 0.6 is 36.4 Å². The molecule has 3 rings (SSSR count). The third kappa shape index (κ3) is 4.23. The zero-order valence-corrected chi connectivity index (χ0v) is 14.2. The van der Waals surface area contributed by atoms with Gasteiger partial charge < -0.3 is 5.32 Å². The van der Waals surface area contributed by atoms with Gasteiger partial charge in [-0.25, -0.2) is 4.39 Å². The summed E-state index contributed by atoms with van der Waals surface area (Å²) in [5.74, 6) is 0.478. The summed E-state index contributed by atoms with van der Waals surface area (Å²) < 4.78 is 14.2. The molecule has 21 heavy (non-hydrogen) atoms. The summed E-state index contributed by atoms with van der Waals surface area (Å²) in [6.07, 6.45) is 3.69. The maximum absolute atomic E-state index is 14.2.